The molecular weight excluding hydrogens is 222 g/mol. The highest BCUT2D eigenvalue weighted by atomic mass is 16.4. The van der Waals surface area contributed by atoms with E-state index in [-0.39, 0.29) is 0 Å². The Balaban J connectivity index is 2.29. The lowest BCUT2D eigenvalue weighted by Crippen LogP contribution is -2.18. The van der Waals surface area contributed by atoms with E-state index in [0.717, 1.165) is 10.4 Å². The van der Waals surface area contributed by atoms with Crippen molar-refractivity contribution in [2.45, 2.75) is 13.0 Å². The second-order valence-corrected chi connectivity index (χ2v) is 3.57. The van der Waals surface area contributed by atoms with Gasteiger partial charge in [-0.05, 0) is 36.4 Å². The second kappa shape index (κ2) is 4.20. The molecule has 1 aromatic carbocycles. The first kappa shape index (κ1) is 11.1. The van der Waals surface area contributed by atoms with Gasteiger partial charge in [-0.2, -0.15) is 0 Å². The normalized spacial score (nSPS) is 12.3. The van der Waals surface area contributed by atoms with Gasteiger partial charge in [-0.15, -0.1) is 15.0 Å². The molecular formula is C10H11N5O2. The summed E-state index contributed by atoms with van der Waals surface area (Å²) in [5.41, 5.74) is 6.94. The Bertz CT molecular complexity index is 534. The molecule has 0 amide bonds. The third-order valence-electron chi connectivity index (χ3n) is 2.30. The van der Waals surface area contributed by atoms with E-state index >= 15 is 0 Å². The van der Waals surface area contributed by atoms with E-state index in [4.69, 9.17) is 10.8 Å². The lowest BCUT2D eigenvalue weighted by molar-refractivity contribution is -0.141. The molecule has 7 nitrogen and oxygen atoms in total. The summed E-state index contributed by atoms with van der Waals surface area (Å²) in [4.78, 5) is 11.8. The SMILES string of the molecule is C[C@@H](C(=O)O)n1nnc(-c2ccc(N)cc2)n1. The van der Waals surface area contributed by atoms with Crippen LogP contribution in [0, 0.1) is 0 Å². The van der Waals surface area contributed by atoms with Gasteiger partial charge in [0.1, 0.15) is 0 Å². The van der Waals surface area contributed by atoms with Gasteiger partial charge in [-0.1, -0.05) is 0 Å². The predicted octanol–water partition coefficient (Wildman–Crippen LogP) is 0.568. The van der Waals surface area contributed by atoms with Crippen LogP contribution in [0.2, 0.25) is 0 Å². The summed E-state index contributed by atoms with van der Waals surface area (Å²) < 4.78 is 0. The maximum Gasteiger partial charge on any atom is 0.330 e. The minimum absolute atomic E-state index is 0.373. The zero-order valence-electron chi connectivity index (χ0n) is 9.11. The highest BCUT2D eigenvalue weighted by molar-refractivity contribution is 5.71. The molecule has 0 saturated carbocycles. The number of nitrogens with two attached hydrogens (primary N) is 1. The van der Waals surface area contributed by atoms with Crippen molar-refractivity contribution in [3.8, 4) is 11.4 Å². The van der Waals surface area contributed by atoms with Gasteiger partial charge >= 0.3 is 5.97 Å². The van der Waals surface area contributed by atoms with Crippen molar-refractivity contribution in [3.05, 3.63) is 24.3 Å². The molecule has 0 spiro atoms. The van der Waals surface area contributed by atoms with Crippen LogP contribution in [-0.4, -0.2) is 31.3 Å². The molecule has 2 aromatic rings. The van der Waals surface area contributed by atoms with Gasteiger partial charge in [-0.3, -0.25) is 0 Å². The molecule has 17 heavy (non-hydrogen) atoms. The summed E-state index contributed by atoms with van der Waals surface area (Å²) in [7, 11) is 0. The zero-order valence-corrected chi connectivity index (χ0v) is 9.11. The van der Waals surface area contributed by atoms with Crippen molar-refractivity contribution in [2.24, 2.45) is 0 Å². The van der Waals surface area contributed by atoms with E-state index in [1.165, 1.54) is 6.92 Å². The Morgan fingerprint density at radius 1 is 1.41 bits per heavy atom. The number of hydrogen-bond acceptors (Lipinski definition) is 5. The predicted molar refractivity (Wildman–Crippen MR) is 60.0 cm³/mol. The maximum absolute atomic E-state index is 10.7. The topological polar surface area (TPSA) is 107 Å². The molecule has 1 heterocycles. The number of carboxylic acid groups (broad SMARTS) is 1. The van der Waals surface area contributed by atoms with E-state index in [0.29, 0.717) is 11.5 Å². The average molecular weight is 233 g/mol. The minimum atomic E-state index is -1.01. The van der Waals surface area contributed by atoms with Gasteiger partial charge < -0.3 is 10.8 Å². The van der Waals surface area contributed by atoms with Gasteiger partial charge in [-0.25, -0.2) is 4.79 Å². The van der Waals surface area contributed by atoms with Crippen LogP contribution in [0.25, 0.3) is 11.4 Å². The van der Waals surface area contributed by atoms with Crippen molar-refractivity contribution >= 4 is 11.7 Å². The van der Waals surface area contributed by atoms with Crippen LogP contribution in [-0.2, 0) is 4.79 Å². The van der Waals surface area contributed by atoms with E-state index in [2.05, 4.69) is 15.4 Å². The number of anilines is 1. The number of rotatable bonds is 3. The van der Waals surface area contributed by atoms with Gasteiger partial charge in [0.25, 0.3) is 0 Å². The Hall–Kier alpha value is -2.44. The lowest BCUT2D eigenvalue weighted by Gasteiger charge is -2.01. The minimum Gasteiger partial charge on any atom is -0.480 e. The monoisotopic (exact) mass is 233 g/mol. The van der Waals surface area contributed by atoms with Crippen LogP contribution in [0.3, 0.4) is 0 Å². The third-order valence-corrected chi connectivity index (χ3v) is 2.30. The fourth-order valence-electron chi connectivity index (χ4n) is 1.24. The number of benzene rings is 1. The van der Waals surface area contributed by atoms with Crippen LogP contribution in [0.15, 0.2) is 24.3 Å². The molecule has 2 rings (SSSR count). The summed E-state index contributed by atoms with van der Waals surface area (Å²) in [6.45, 7) is 1.48. The molecule has 1 aromatic heterocycles. The van der Waals surface area contributed by atoms with E-state index in [1.54, 1.807) is 24.3 Å². The fraction of sp³-hybridized carbons (Fsp3) is 0.200. The van der Waals surface area contributed by atoms with Crippen molar-refractivity contribution in [1.82, 2.24) is 20.2 Å². The number of carboxylic acids is 1. The number of aliphatic carboxylic acids is 1. The standard InChI is InChI=1S/C10H11N5O2/c1-6(10(16)17)15-13-9(12-14-15)7-2-4-8(11)5-3-7/h2-6H,11H2,1H3,(H,16,17)/t6-/m0/s1. The maximum atomic E-state index is 10.7. The molecule has 0 bridgehead atoms. The number of carbonyl (C=O) groups is 1. The van der Waals surface area contributed by atoms with E-state index in [1.807, 2.05) is 0 Å². The average Bonchev–Trinajstić information content (AvgIpc) is 2.78. The van der Waals surface area contributed by atoms with Crippen LogP contribution in [0.1, 0.15) is 13.0 Å². The van der Waals surface area contributed by atoms with Crippen molar-refractivity contribution in [1.29, 1.82) is 0 Å². The van der Waals surface area contributed by atoms with Gasteiger partial charge in [0.05, 0.1) is 0 Å². The van der Waals surface area contributed by atoms with Crippen molar-refractivity contribution in [3.63, 3.8) is 0 Å². The van der Waals surface area contributed by atoms with Gasteiger partial charge in [0.15, 0.2) is 6.04 Å². The molecule has 3 N–H and O–H groups in total. The molecule has 0 unspecified atom stereocenters. The number of hydrogen-bond donors (Lipinski definition) is 2. The van der Waals surface area contributed by atoms with Gasteiger partial charge in [0, 0.05) is 11.3 Å². The Morgan fingerprint density at radius 3 is 2.65 bits per heavy atom. The van der Waals surface area contributed by atoms with Crippen LogP contribution in [0.4, 0.5) is 5.69 Å². The van der Waals surface area contributed by atoms with Crippen LogP contribution < -0.4 is 5.73 Å². The molecule has 0 aliphatic carbocycles. The number of aromatic nitrogens is 4. The number of tetrazole rings is 1. The van der Waals surface area contributed by atoms with Crippen molar-refractivity contribution in [2.75, 3.05) is 5.73 Å². The van der Waals surface area contributed by atoms with E-state index < -0.39 is 12.0 Å². The van der Waals surface area contributed by atoms with Crippen LogP contribution >= 0.6 is 0 Å². The lowest BCUT2D eigenvalue weighted by atomic mass is 10.2. The molecule has 1 atom stereocenters. The quantitative estimate of drug-likeness (QED) is 0.750. The summed E-state index contributed by atoms with van der Waals surface area (Å²) >= 11 is 0. The fourth-order valence-corrected chi connectivity index (χ4v) is 1.24. The molecule has 0 aliphatic heterocycles. The first-order valence-electron chi connectivity index (χ1n) is 4.96. The summed E-state index contributed by atoms with van der Waals surface area (Å²) in [5.74, 6) is -0.635. The second-order valence-electron chi connectivity index (χ2n) is 3.57. The summed E-state index contributed by atoms with van der Waals surface area (Å²) in [6.07, 6.45) is 0. The van der Waals surface area contributed by atoms with E-state index in [9.17, 15) is 4.79 Å². The Labute approximate surface area is 96.9 Å². The Morgan fingerprint density at radius 2 is 2.06 bits per heavy atom. The Kier molecular flexibility index (Phi) is 2.73. The zero-order chi connectivity index (χ0) is 12.4. The molecule has 0 radical (unpaired) electrons. The molecule has 0 aliphatic rings. The molecule has 88 valence electrons. The number of nitrogen functional groups attached to an aromatic ring is 1. The summed E-state index contributed by atoms with van der Waals surface area (Å²) in [5, 5.41) is 20.3. The smallest absolute Gasteiger partial charge is 0.330 e. The third kappa shape index (κ3) is 2.22. The molecule has 7 heteroatoms. The largest absolute Gasteiger partial charge is 0.480 e. The number of nitrogens with zero attached hydrogens (tertiary/aromatic N) is 4. The van der Waals surface area contributed by atoms with Gasteiger partial charge in [0.2, 0.25) is 5.82 Å². The molecule has 0 fully saturated rings. The van der Waals surface area contributed by atoms with Crippen molar-refractivity contribution < 1.29 is 9.90 Å². The highest BCUT2D eigenvalue weighted by Crippen LogP contribution is 2.16. The molecule has 0 saturated heterocycles. The van der Waals surface area contributed by atoms with Crippen LogP contribution in [0.5, 0.6) is 0 Å². The summed E-state index contributed by atoms with van der Waals surface area (Å²) in [6, 6.07) is 6.10. The highest BCUT2D eigenvalue weighted by Gasteiger charge is 2.17. The first-order chi connectivity index (χ1) is 8.08. The first-order valence-corrected chi connectivity index (χ1v) is 4.96.